The highest BCUT2D eigenvalue weighted by atomic mass is 16.5. The molecule has 36 heavy (non-hydrogen) atoms. The van der Waals surface area contributed by atoms with E-state index in [0.717, 1.165) is 11.1 Å². The lowest BCUT2D eigenvalue weighted by Crippen LogP contribution is -2.13. The number of methoxy groups -OCH3 is 4. The number of para-hydroxylation sites is 2. The van der Waals surface area contributed by atoms with Gasteiger partial charge in [0.1, 0.15) is 0 Å². The molecule has 3 aromatic rings. The van der Waals surface area contributed by atoms with Crippen molar-refractivity contribution in [3.8, 4) is 23.0 Å². The van der Waals surface area contributed by atoms with Crippen LogP contribution in [0.25, 0.3) is 12.2 Å². The lowest BCUT2D eigenvalue weighted by atomic mass is 10.2. The fourth-order valence-electron chi connectivity index (χ4n) is 3.31. The van der Waals surface area contributed by atoms with E-state index in [-0.39, 0.29) is 11.8 Å². The lowest BCUT2D eigenvalue weighted by Gasteiger charge is -2.10. The summed E-state index contributed by atoms with van der Waals surface area (Å²) in [5, 5.41) is 5.58. The number of ether oxygens (including phenoxy) is 4. The van der Waals surface area contributed by atoms with E-state index in [0.29, 0.717) is 34.4 Å². The van der Waals surface area contributed by atoms with Gasteiger partial charge in [0.05, 0.1) is 39.8 Å². The molecule has 0 aliphatic heterocycles. The SMILES string of the molecule is COc1ccc(C=CC(=O)Nc2ccccc2NC(=O)C=Cc2ccc(OC)c(OC)c2)cc1OC. The van der Waals surface area contributed by atoms with Crippen molar-refractivity contribution in [2.75, 3.05) is 39.1 Å². The number of amides is 2. The van der Waals surface area contributed by atoms with Crippen LogP contribution in [0.3, 0.4) is 0 Å². The quantitative estimate of drug-likeness (QED) is 0.389. The number of benzene rings is 3. The second kappa shape index (κ2) is 12.7. The van der Waals surface area contributed by atoms with E-state index < -0.39 is 0 Å². The molecule has 8 heteroatoms. The fraction of sp³-hybridized carbons (Fsp3) is 0.143. The first-order chi connectivity index (χ1) is 17.5. The smallest absolute Gasteiger partial charge is 0.248 e. The van der Waals surface area contributed by atoms with Crippen LogP contribution >= 0.6 is 0 Å². The van der Waals surface area contributed by atoms with Crippen molar-refractivity contribution in [1.82, 2.24) is 0 Å². The number of rotatable bonds is 10. The van der Waals surface area contributed by atoms with Crippen LogP contribution in [0.2, 0.25) is 0 Å². The predicted octanol–water partition coefficient (Wildman–Crippen LogP) is 5.02. The van der Waals surface area contributed by atoms with E-state index >= 15 is 0 Å². The summed E-state index contributed by atoms with van der Waals surface area (Å²) in [4.78, 5) is 25.0. The predicted molar refractivity (Wildman–Crippen MR) is 141 cm³/mol. The van der Waals surface area contributed by atoms with Gasteiger partial charge in [0.2, 0.25) is 11.8 Å². The minimum Gasteiger partial charge on any atom is -0.493 e. The van der Waals surface area contributed by atoms with Crippen molar-refractivity contribution >= 4 is 35.3 Å². The van der Waals surface area contributed by atoms with Crippen LogP contribution in [0.4, 0.5) is 11.4 Å². The molecule has 0 spiro atoms. The van der Waals surface area contributed by atoms with E-state index in [9.17, 15) is 9.59 Å². The topological polar surface area (TPSA) is 95.1 Å². The lowest BCUT2D eigenvalue weighted by molar-refractivity contribution is -0.112. The van der Waals surface area contributed by atoms with Crippen molar-refractivity contribution in [1.29, 1.82) is 0 Å². The molecule has 0 aliphatic carbocycles. The molecule has 0 saturated heterocycles. The molecular formula is C28H28N2O6. The maximum absolute atomic E-state index is 12.5. The third-order valence-electron chi connectivity index (χ3n) is 5.11. The summed E-state index contributed by atoms with van der Waals surface area (Å²) < 4.78 is 21.0. The van der Waals surface area contributed by atoms with Crippen molar-refractivity contribution < 1.29 is 28.5 Å². The van der Waals surface area contributed by atoms with Crippen LogP contribution in [0.15, 0.2) is 72.8 Å². The molecule has 2 amide bonds. The second-order valence-electron chi connectivity index (χ2n) is 7.42. The average molecular weight is 489 g/mol. The van der Waals surface area contributed by atoms with Gasteiger partial charge in [0, 0.05) is 12.2 Å². The Hall–Kier alpha value is -4.72. The summed E-state index contributed by atoms with van der Waals surface area (Å²) in [6.07, 6.45) is 6.11. The van der Waals surface area contributed by atoms with Crippen LogP contribution in [0.1, 0.15) is 11.1 Å². The molecule has 3 rings (SSSR count). The van der Waals surface area contributed by atoms with Crippen molar-refractivity contribution in [2.45, 2.75) is 0 Å². The zero-order valence-electron chi connectivity index (χ0n) is 20.5. The maximum atomic E-state index is 12.5. The molecule has 3 aromatic carbocycles. The maximum Gasteiger partial charge on any atom is 0.248 e. The molecule has 0 saturated carbocycles. The van der Waals surface area contributed by atoms with Gasteiger partial charge >= 0.3 is 0 Å². The summed E-state index contributed by atoms with van der Waals surface area (Å²) in [7, 11) is 6.21. The number of carbonyl (C=O) groups is 2. The first kappa shape index (κ1) is 25.9. The Balaban J connectivity index is 1.66. The summed E-state index contributed by atoms with van der Waals surface area (Å²) in [6.45, 7) is 0. The molecule has 0 aromatic heterocycles. The highest BCUT2D eigenvalue weighted by Crippen LogP contribution is 2.29. The minimum absolute atomic E-state index is 0.354. The first-order valence-electron chi connectivity index (χ1n) is 11.0. The van der Waals surface area contributed by atoms with E-state index in [1.165, 1.54) is 12.2 Å². The Morgan fingerprint density at radius 2 is 0.972 bits per heavy atom. The Morgan fingerprint density at radius 1 is 0.583 bits per heavy atom. The van der Waals surface area contributed by atoms with Gasteiger partial charge in [-0.2, -0.15) is 0 Å². The summed E-state index contributed by atoms with van der Waals surface area (Å²) >= 11 is 0. The van der Waals surface area contributed by atoms with Crippen LogP contribution in [0.5, 0.6) is 23.0 Å². The third-order valence-corrected chi connectivity index (χ3v) is 5.11. The molecule has 8 nitrogen and oxygen atoms in total. The molecule has 0 unspecified atom stereocenters. The highest BCUT2D eigenvalue weighted by Gasteiger charge is 2.08. The third kappa shape index (κ3) is 6.89. The van der Waals surface area contributed by atoms with Crippen molar-refractivity contribution in [2.24, 2.45) is 0 Å². The number of anilines is 2. The first-order valence-corrected chi connectivity index (χ1v) is 11.0. The molecule has 2 N–H and O–H groups in total. The van der Waals surface area contributed by atoms with Crippen LogP contribution in [-0.2, 0) is 9.59 Å². The molecule has 0 bridgehead atoms. The molecule has 186 valence electrons. The van der Waals surface area contributed by atoms with Crippen LogP contribution < -0.4 is 29.6 Å². The molecule has 0 fully saturated rings. The largest absolute Gasteiger partial charge is 0.493 e. The minimum atomic E-state index is -0.354. The standard InChI is InChI=1S/C28H28N2O6/c1-33-23-13-9-19(17-25(23)35-3)11-15-27(31)29-21-7-5-6-8-22(21)30-28(32)16-12-20-10-14-24(34-2)26(18-20)36-4/h5-18H,1-4H3,(H,29,31)(H,30,32). The van der Waals surface area contributed by atoms with Crippen molar-refractivity contribution in [3.05, 3.63) is 83.9 Å². The molecular weight excluding hydrogens is 460 g/mol. The van der Waals surface area contributed by atoms with Crippen LogP contribution in [-0.4, -0.2) is 40.3 Å². The van der Waals surface area contributed by atoms with Gasteiger partial charge in [-0.05, 0) is 59.7 Å². The molecule has 0 atom stereocenters. The monoisotopic (exact) mass is 488 g/mol. The average Bonchev–Trinajstić information content (AvgIpc) is 2.91. The fourth-order valence-corrected chi connectivity index (χ4v) is 3.31. The van der Waals surface area contributed by atoms with Gasteiger partial charge in [-0.15, -0.1) is 0 Å². The van der Waals surface area contributed by atoms with E-state index in [1.807, 2.05) is 12.1 Å². The zero-order valence-corrected chi connectivity index (χ0v) is 20.5. The van der Waals surface area contributed by atoms with Gasteiger partial charge < -0.3 is 29.6 Å². The molecule has 0 heterocycles. The van der Waals surface area contributed by atoms with Gasteiger partial charge in [-0.3, -0.25) is 9.59 Å². The van der Waals surface area contributed by atoms with E-state index in [2.05, 4.69) is 10.6 Å². The normalized spacial score (nSPS) is 10.8. The zero-order chi connectivity index (χ0) is 25.9. The summed E-state index contributed by atoms with van der Waals surface area (Å²) in [5.41, 5.74) is 2.47. The van der Waals surface area contributed by atoms with Gasteiger partial charge in [0.25, 0.3) is 0 Å². The second-order valence-corrected chi connectivity index (χ2v) is 7.42. The summed E-state index contributed by atoms with van der Waals surface area (Å²) in [6, 6.07) is 17.6. The number of nitrogens with one attached hydrogen (secondary N) is 2. The van der Waals surface area contributed by atoms with Crippen LogP contribution in [0, 0.1) is 0 Å². The van der Waals surface area contributed by atoms with E-state index in [1.54, 1.807) is 89.1 Å². The summed E-state index contributed by atoms with van der Waals surface area (Å²) in [5.74, 6) is 1.62. The van der Waals surface area contributed by atoms with Gasteiger partial charge in [0.15, 0.2) is 23.0 Å². The van der Waals surface area contributed by atoms with E-state index in [4.69, 9.17) is 18.9 Å². The van der Waals surface area contributed by atoms with Gasteiger partial charge in [-0.1, -0.05) is 24.3 Å². The number of hydrogen-bond acceptors (Lipinski definition) is 6. The molecule has 0 radical (unpaired) electrons. The number of carbonyl (C=O) groups excluding carboxylic acids is 2. The molecule has 0 aliphatic rings. The highest BCUT2D eigenvalue weighted by molar-refractivity contribution is 6.08. The van der Waals surface area contributed by atoms with Crippen molar-refractivity contribution in [3.63, 3.8) is 0 Å². The Labute approximate surface area is 210 Å². The van der Waals surface area contributed by atoms with Gasteiger partial charge in [-0.25, -0.2) is 0 Å². The Bertz CT molecular complexity index is 1180. The Kier molecular flexibility index (Phi) is 9.11. The Morgan fingerprint density at radius 3 is 1.33 bits per heavy atom. The number of hydrogen-bond donors (Lipinski definition) is 2.